The molecule has 2 fully saturated rings. The van der Waals surface area contributed by atoms with E-state index in [4.69, 9.17) is 0 Å². The summed E-state index contributed by atoms with van der Waals surface area (Å²) in [5, 5.41) is 0. The van der Waals surface area contributed by atoms with Gasteiger partial charge in [-0.25, -0.2) is 0 Å². The molecule has 0 unspecified atom stereocenters. The maximum Gasteiger partial charge on any atom is 0.00952 e. The summed E-state index contributed by atoms with van der Waals surface area (Å²) >= 11 is 0. The van der Waals surface area contributed by atoms with Gasteiger partial charge in [-0.15, -0.1) is 0 Å². The highest BCUT2D eigenvalue weighted by Crippen LogP contribution is 2.52. The van der Waals surface area contributed by atoms with Crippen molar-refractivity contribution < 1.29 is 0 Å². The van der Waals surface area contributed by atoms with E-state index < -0.39 is 0 Å². The van der Waals surface area contributed by atoms with E-state index in [0.717, 1.165) is 6.04 Å². The minimum absolute atomic E-state index is 0.699. The molecule has 1 spiro atoms. The van der Waals surface area contributed by atoms with Crippen molar-refractivity contribution in [3.05, 3.63) is 0 Å². The third kappa shape index (κ3) is 5.21. The monoisotopic (exact) mass is 323 g/mol. The summed E-state index contributed by atoms with van der Waals surface area (Å²) in [4.78, 5) is 2.87. The zero-order chi connectivity index (χ0) is 17.3. The fraction of sp³-hybridized carbons (Fsp3) is 1.00. The van der Waals surface area contributed by atoms with Gasteiger partial charge in [-0.2, -0.15) is 0 Å². The normalized spacial score (nSPS) is 23.1. The van der Waals surface area contributed by atoms with Gasteiger partial charge in [0, 0.05) is 12.6 Å². The van der Waals surface area contributed by atoms with Gasteiger partial charge in [-0.05, 0) is 62.3 Å². The largest absolute Gasteiger partial charge is 0.300 e. The molecule has 138 valence electrons. The molecule has 1 saturated heterocycles. The Morgan fingerprint density at radius 1 is 0.783 bits per heavy atom. The average Bonchev–Trinajstić information content (AvgIpc) is 3.02. The van der Waals surface area contributed by atoms with Gasteiger partial charge in [0.1, 0.15) is 0 Å². The van der Waals surface area contributed by atoms with E-state index in [-0.39, 0.29) is 0 Å². The van der Waals surface area contributed by atoms with Crippen LogP contribution in [0.5, 0.6) is 0 Å². The van der Waals surface area contributed by atoms with Gasteiger partial charge in [0.25, 0.3) is 0 Å². The minimum atomic E-state index is 0.699. The Morgan fingerprint density at radius 3 is 1.74 bits per heavy atom. The third-order valence-corrected chi connectivity index (χ3v) is 7.10. The molecule has 0 amide bonds. The first-order chi connectivity index (χ1) is 11.1. The molecule has 0 atom stereocenters. The van der Waals surface area contributed by atoms with Crippen LogP contribution >= 0.6 is 0 Å². The molecule has 1 nitrogen and oxygen atoms in total. The van der Waals surface area contributed by atoms with E-state index >= 15 is 0 Å². The van der Waals surface area contributed by atoms with Crippen LogP contribution < -0.4 is 0 Å². The SMILES string of the molecule is CC.CCCC(CCC)N1CCC2(CCC(CC)(CC)CC2)C1. The Kier molecular flexibility index (Phi) is 9.19. The van der Waals surface area contributed by atoms with E-state index in [2.05, 4.69) is 32.6 Å². The van der Waals surface area contributed by atoms with Gasteiger partial charge < -0.3 is 0 Å². The summed E-state index contributed by atoms with van der Waals surface area (Å²) in [5.74, 6) is 0. The number of nitrogens with zero attached hydrogens (tertiary/aromatic N) is 1. The third-order valence-electron chi connectivity index (χ3n) is 7.10. The predicted octanol–water partition coefficient (Wildman–Crippen LogP) is 7.05. The van der Waals surface area contributed by atoms with Gasteiger partial charge in [-0.1, -0.05) is 67.2 Å². The molecule has 0 aromatic carbocycles. The highest BCUT2D eigenvalue weighted by atomic mass is 15.2. The van der Waals surface area contributed by atoms with E-state index in [0.29, 0.717) is 10.8 Å². The van der Waals surface area contributed by atoms with Crippen LogP contribution in [0.4, 0.5) is 0 Å². The molecule has 2 aliphatic rings. The first kappa shape index (κ1) is 21.0. The topological polar surface area (TPSA) is 3.24 Å². The van der Waals surface area contributed by atoms with Crippen molar-refractivity contribution in [1.82, 2.24) is 4.90 Å². The lowest BCUT2D eigenvalue weighted by Crippen LogP contribution is -2.39. The van der Waals surface area contributed by atoms with Crippen LogP contribution in [0.3, 0.4) is 0 Å². The van der Waals surface area contributed by atoms with Crippen LogP contribution in [0.2, 0.25) is 0 Å². The van der Waals surface area contributed by atoms with E-state index in [1.54, 1.807) is 0 Å². The average molecular weight is 324 g/mol. The minimum Gasteiger partial charge on any atom is -0.300 e. The molecular formula is C22H45N. The van der Waals surface area contributed by atoms with Crippen LogP contribution in [-0.4, -0.2) is 24.0 Å². The molecule has 23 heavy (non-hydrogen) atoms. The Bertz CT molecular complexity index is 289. The second kappa shape index (κ2) is 10.1. The number of hydrogen-bond acceptors (Lipinski definition) is 1. The number of rotatable bonds is 7. The van der Waals surface area contributed by atoms with E-state index in [9.17, 15) is 0 Å². The Hall–Kier alpha value is -0.0400. The predicted molar refractivity (Wildman–Crippen MR) is 105 cm³/mol. The van der Waals surface area contributed by atoms with E-state index in [1.807, 2.05) is 13.8 Å². The molecule has 0 aromatic rings. The molecule has 2 rings (SSSR count). The van der Waals surface area contributed by atoms with Crippen molar-refractivity contribution in [3.8, 4) is 0 Å². The van der Waals surface area contributed by atoms with Gasteiger partial charge in [0.05, 0.1) is 0 Å². The number of likely N-dealkylation sites (tertiary alicyclic amines) is 1. The molecular weight excluding hydrogens is 278 g/mol. The molecule has 1 aliphatic heterocycles. The maximum atomic E-state index is 2.87. The second-order valence-electron chi connectivity index (χ2n) is 8.16. The Labute approximate surface area is 147 Å². The summed E-state index contributed by atoms with van der Waals surface area (Å²) in [5.41, 5.74) is 1.40. The molecule has 1 saturated carbocycles. The van der Waals surface area contributed by atoms with Gasteiger partial charge in [0.2, 0.25) is 0 Å². The summed E-state index contributed by atoms with van der Waals surface area (Å²) < 4.78 is 0. The summed E-state index contributed by atoms with van der Waals surface area (Å²) in [6.07, 6.45) is 15.8. The lowest BCUT2D eigenvalue weighted by atomic mass is 9.61. The van der Waals surface area contributed by atoms with E-state index in [1.165, 1.54) is 83.7 Å². The number of hydrogen-bond donors (Lipinski definition) is 0. The zero-order valence-electron chi connectivity index (χ0n) is 17.2. The fourth-order valence-corrected chi connectivity index (χ4v) is 5.13. The van der Waals surface area contributed by atoms with Crippen molar-refractivity contribution in [1.29, 1.82) is 0 Å². The van der Waals surface area contributed by atoms with Crippen molar-refractivity contribution in [2.45, 2.75) is 118 Å². The lowest BCUT2D eigenvalue weighted by molar-refractivity contribution is 0.0677. The van der Waals surface area contributed by atoms with Gasteiger partial charge in [-0.3, -0.25) is 4.90 Å². The zero-order valence-corrected chi connectivity index (χ0v) is 17.2. The molecule has 0 aromatic heterocycles. The van der Waals surface area contributed by atoms with Crippen LogP contribution in [0.25, 0.3) is 0 Å². The summed E-state index contributed by atoms with van der Waals surface area (Å²) in [6, 6.07) is 0.878. The standard InChI is InChI=1S/C20H39N.C2H6/c1-5-9-18(10-6-2)21-16-15-20(17-21)13-11-19(7-3,8-4)12-14-20;1-2/h18H,5-17H2,1-4H3;1-2H3. The Morgan fingerprint density at radius 2 is 1.30 bits per heavy atom. The highest BCUT2D eigenvalue weighted by Gasteiger charge is 2.45. The fourth-order valence-electron chi connectivity index (χ4n) is 5.13. The second-order valence-corrected chi connectivity index (χ2v) is 8.16. The molecule has 0 bridgehead atoms. The quantitative estimate of drug-likeness (QED) is 0.485. The van der Waals surface area contributed by atoms with Gasteiger partial charge in [0.15, 0.2) is 0 Å². The van der Waals surface area contributed by atoms with Crippen LogP contribution in [0.15, 0.2) is 0 Å². The summed E-state index contributed by atoms with van der Waals surface area (Å²) in [7, 11) is 0. The molecule has 1 heteroatoms. The van der Waals surface area contributed by atoms with Crippen molar-refractivity contribution in [2.75, 3.05) is 13.1 Å². The van der Waals surface area contributed by atoms with Crippen molar-refractivity contribution >= 4 is 0 Å². The van der Waals surface area contributed by atoms with Crippen LogP contribution in [0.1, 0.15) is 112 Å². The smallest absolute Gasteiger partial charge is 0.00952 e. The lowest BCUT2D eigenvalue weighted by Gasteiger charge is -2.45. The molecule has 0 radical (unpaired) electrons. The first-order valence-corrected chi connectivity index (χ1v) is 10.9. The highest BCUT2D eigenvalue weighted by molar-refractivity contribution is 4.98. The molecule has 1 heterocycles. The Balaban J connectivity index is 0.00000127. The van der Waals surface area contributed by atoms with Crippen molar-refractivity contribution in [3.63, 3.8) is 0 Å². The molecule has 0 N–H and O–H groups in total. The summed E-state index contributed by atoms with van der Waals surface area (Å²) in [6.45, 7) is 16.3. The molecule has 1 aliphatic carbocycles. The first-order valence-electron chi connectivity index (χ1n) is 10.9. The maximum absolute atomic E-state index is 2.87. The van der Waals surface area contributed by atoms with Crippen molar-refractivity contribution in [2.24, 2.45) is 10.8 Å². The van der Waals surface area contributed by atoms with Crippen LogP contribution in [0, 0.1) is 10.8 Å². The van der Waals surface area contributed by atoms with Crippen LogP contribution in [-0.2, 0) is 0 Å². The van der Waals surface area contributed by atoms with Gasteiger partial charge >= 0.3 is 0 Å².